The van der Waals surface area contributed by atoms with Gasteiger partial charge in [-0.25, -0.2) is 0 Å². The van der Waals surface area contributed by atoms with Crippen LogP contribution < -0.4 is 0 Å². The number of allylic oxidation sites excluding steroid dienone is 8. The Morgan fingerprint density at radius 2 is 0.737 bits per heavy atom. The fourth-order valence-corrected chi connectivity index (χ4v) is 7.33. The molecule has 57 heavy (non-hydrogen) atoms. The number of carbonyl (C=O) groups is 1. The van der Waals surface area contributed by atoms with Crippen molar-refractivity contribution >= 4 is 5.97 Å². The topological polar surface area (TPSA) is 55.8 Å². The summed E-state index contributed by atoms with van der Waals surface area (Å²) in [7, 11) is 0. The SMILES string of the molecule is CCCCC/C=C\C/C=C\CCCCCCCCCCCC(=O)OC(CO)COCCCCCCCCCCCCCCCC/C=C\C/C=C\CCCCCCC. The Morgan fingerprint density at radius 1 is 0.421 bits per heavy atom. The highest BCUT2D eigenvalue weighted by Gasteiger charge is 2.13. The van der Waals surface area contributed by atoms with E-state index >= 15 is 0 Å². The summed E-state index contributed by atoms with van der Waals surface area (Å²) in [5.41, 5.74) is 0. The third-order valence-electron chi connectivity index (χ3n) is 11.1. The molecule has 0 aliphatic heterocycles. The molecule has 0 fully saturated rings. The van der Waals surface area contributed by atoms with Crippen LogP contribution in [-0.2, 0) is 14.3 Å². The van der Waals surface area contributed by atoms with Crippen LogP contribution in [0, 0.1) is 0 Å². The molecule has 0 amide bonds. The number of hydrogen-bond acceptors (Lipinski definition) is 4. The molecule has 4 nitrogen and oxygen atoms in total. The molecular formula is C53H98O4. The van der Waals surface area contributed by atoms with E-state index in [-0.39, 0.29) is 12.6 Å². The second-order valence-corrected chi connectivity index (χ2v) is 16.9. The number of ether oxygens (including phenoxy) is 2. The number of rotatable bonds is 47. The molecule has 0 heterocycles. The number of esters is 1. The van der Waals surface area contributed by atoms with Crippen molar-refractivity contribution in [3.63, 3.8) is 0 Å². The molecule has 1 N–H and O–H groups in total. The highest BCUT2D eigenvalue weighted by Crippen LogP contribution is 2.15. The summed E-state index contributed by atoms with van der Waals surface area (Å²) in [5.74, 6) is -0.203. The summed E-state index contributed by atoms with van der Waals surface area (Å²) in [6.07, 6.45) is 66.3. The van der Waals surface area contributed by atoms with E-state index in [0.717, 1.165) is 32.1 Å². The molecule has 0 bridgehead atoms. The summed E-state index contributed by atoms with van der Waals surface area (Å²) in [6.45, 7) is 5.33. The molecule has 0 radical (unpaired) electrons. The van der Waals surface area contributed by atoms with E-state index < -0.39 is 6.10 Å². The normalized spacial score (nSPS) is 12.7. The van der Waals surface area contributed by atoms with Gasteiger partial charge < -0.3 is 14.6 Å². The molecule has 0 aromatic rings. The lowest BCUT2D eigenvalue weighted by atomic mass is 10.0. The zero-order valence-electron chi connectivity index (χ0n) is 38.4. The van der Waals surface area contributed by atoms with Gasteiger partial charge in [0.1, 0.15) is 6.10 Å². The highest BCUT2D eigenvalue weighted by molar-refractivity contribution is 5.69. The lowest BCUT2D eigenvalue weighted by Crippen LogP contribution is -2.27. The van der Waals surface area contributed by atoms with Crippen LogP contribution >= 0.6 is 0 Å². The zero-order chi connectivity index (χ0) is 41.2. The molecule has 1 unspecified atom stereocenters. The quantitative estimate of drug-likeness (QED) is 0.0378. The van der Waals surface area contributed by atoms with Gasteiger partial charge in [0, 0.05) is 13.0 Å². The second kappa shape index (κ2) is 50.5. The van der Waals surface area contributed by atoms with Crippen molar-refractivity contribution in [1.82, 2.24) is 0 Å². The van der Waals surface area contributed by atoms with Crippen molar-refractivity contribution in [2.45, 2.75) is 264 Å². The molecule has 0 saturated carbocycles. The molecule has 0 aromatic carbocycles. The Hall–Kier alpha value is -1.65. The van der Waals surface area contributed by atoms with Crippen LogP contribution in [0.3, 0.4) is 0 Å². The molecule has 1 atom stereocenters. The molecule has 0 aliphatic rings. The molecule has 0 aliphatic carbocycles. The number of carbonyl (C=O) groups excluding carboxylic acids is 1. The largest absolute Gasteiger partial charge is 0.457 e. The molecule has 334 valence electrons. The van der Waals surface area contributed by atoms with Crippen molar-refractivity contribution < 1.29 is 19.4 Å². The third kappa shape index (κ3) is 48.6. The smallest absolute Gasteiger partial charge is 0.306 e. The lowest BCUT2D eigenvalue weighted by Gasteiger charge is -2.16. The summed E-state index contributed by atoms with van der Waals surface area (Å²) in [4.78, 5) is 12.3. The van der Waals surface area contributed by atoms with Crippen LogP contribution in [0.25, 0.3) is 0 Å². The van der Waals surface area contributed by atoms with Gasteiger partial charge in [0.15, 0.2) is 0 Å². The van der Waals surface area contributed by atoms with Gasteiger partial charge in [-0.05, 0) is 77.0 Å². The van der Waals surface area contributed by atoms with Crippen LogP contribution in [0.2, 0.25) is 0 Å². The minimum Gasteiger partial charge on any atom is -0.457 e. The molecule has 4 heteroatoms. The Morgan fingerprint density at radius 3 is 1.12 bits per heavy atom. The fraction of sp³-hybridized carbons (Fsp3) is 0.830. The second-order valence-electron chi connectivity index (χ2n) is 16.9. The van der Waals surface area contributed by atoms with Gasteiger partial charge in [-0.15, -0.1) is 0 Å². The Labute approximate surface area is 356 Å². The average Bonchev–Trinajstić information content (AvgIpc) is 3.22. The summed E-state index contributed by atoms with van der Waals surface area (Å²) in [6, 6.07) is 0. The summed E-state index contributed by atoms with van der Waals surface area (Å²) in [5, 5.41) is 9.64. The van der Waals surface area contributed by atoms with E-state index in [9.17, 15) is 9.90 Å². The molecule has 0 rings (SSSR count). The fourth-order valence-electron chi connectivity index (χ4n) is 7.33. The van der Waals surface area contributed by atoms with Crippen molar-refractivity contribution in [2.24, 2.45) is 0 Å². The van der Waals surface area contributed by atoms with E-state index in [1.54, 1.807) is 0 Å². The van der Waals surface area contributed by atoms with Crippen molar-refractivity contribution in [1.29, 1.82) is 0 Å². The molecule has 0 spiro atoms. The predicted molar refractivity (Wildman–Crippen MR) is 251 cm³/mol. The monoisotopic (exact) mass is 799 g/mol. The standard InChI is InChI=1S/C53H98O4/c1-3-5-7-9-11-13-15-17-19-21-23-24-25-26-27-28-29-31-33-35-37-39-41-43-45-47-49-56-51-52(50-54)57-53(55)48-46-44-42-40-38-36-34-32-30-22-20-18-16-14-12-10-8-6-4-2/h12,14-15,17-18,20-21,23,52,54H,3-11,13,16,19,22,24-51H2,1-2H3/b14-12-,17-15-,20-18-,23-21-. The first kappa shape index (κ1) is 55.4. The zero-order valence-corrected chi connectivity index (χ0v) is 38.4. The van der Waals surface area contributed by atoms with Gasteiger partial charge in [0.05, 0.1) is 13.2 Å². The van der Waals surface area contributed by atoms with Crippen LogP contribution in [0.5, 0.6) is 0 Å². The van der Waals surface area contributed by atoms with E-state index in [2.05, 4.69) is 62.5 Å². The van der Waals surface area contributed by atoms with E-state index in [0.29, 0.717) is 19.6 Å². The van der Waals surface area contributed by atoms with Gasteiger partial charge in [0.25, 0.3) is 0 Å². The Bertz CT molecular complexity index is 889. The number of unbranched alkanes of at least 4 members (excludes halogenated alkanes) is 31. The summed E-state index contributed by atoms with van der Waals surface area (Å²) >= 11 is 0. The number of aliphatic hydroxyl groups excluding tert-OH is 1. The van der Waals surface area contributed by atoms with Crippen LogP contribution in [0.4, 0.5) is 0 Å². The molecular weight excluding hydrogens is 701 g/mol. The van der Waals surface area contributed by atoms with Crippen molar-refractivity contribution in [3.05, 3.63) is 48.6 Å². The Balaban J connectivity index is 3.39. The van der Waals surface area contributed by atoms with Crippen LogP contribution in [0.1, 0.15) is 258 Å². The summed E-state index contributed by atoms with van der Waals surface area (Å²) < 4.78 is 11.2. The third-order valence-corrected chi connectivity index (χ3v) is 11.1. The van der Waals surface area contributed by atoms with Gasteiger partial charge in [-0.3, -0.25) is 4.79 Å². The van der Waals surface area contributed by atoms with Crippen molar-refractivity contribution in [3.8, 4) is 0 Å². The average molecular weight is 799 g/mol. The minimum absolute atomic E-state index is 0.172. The maximum atomic E-state index is 12.3. The van der Waals surface area contributed by atoms with E-state index in [1.165, 1.54) is 205 Å². The maximum absolute atomic E-state index is 12.3. The van der Waals surface area contributed by atoms with Gasteiger partial charge >= 0.3 is 5.97 Å². The first-order valence-electron chi connectivity index (χ1n) is 25.2. The van der Waals surface area contributed by atoms with E-state index in [4.69, 9.17) is 9.47 Å². The number of hydrogen-bond donors (Lipinski definition) is 1. The maximum Gasteiger partial charge on any atom is 0.306 e. The highest BCUT2D eigenvalue weighted by atomic mass is 16.6. The minimum atomic E-state index is -0.537. The van der Waals surface area contributed by atoms with Crippen LogP contribution in [-0.4, -0.2) is 37.0 Å². The van der Waals surface area contributed by atoms with Gasteiger partial charge in [-0.2, -0.15) is 0 Å². The first-order chi connectivity index (χ1) is 28.2. The Kier molecular flexibility index (Phi) is 49.0. The van der Waals surface area contributed by atoms with Gasteiger partial charge in [-0.1, -0.05) is 223 Å². The molecule has 0 aromatic heterocycles. The molecule has 0 saturated heterocycles. The van der Waals surface area contributed by atoms with Gasteiger partial charge in [0.2, 0.25) is 0 Å². The number of aliphatic hydroxyl groups is 1. The van der Waals surface area contributed by atoms with Crippen LogP contribution in [0.15, 0.2) is 48.6 Å². The van der Waals surface area contributed by atoms with Crippen molar-refractivity contribution in [2.75, 3.05) is 19.8 Å². The van der Waals surface area contributed by atoms with E-state index in [1.807, 2.05) is 0 Å². The lowest BCUT2D eigenvalue weighted by molar-refractivity contribution is -0.154. The first-order valence-corrected chi connectivity index (χ1v) is 25.2. The predicted octanol–water partition coefficient (Wildman–Crippen LogP) is 17.0.